The number of pyridine rings is 1. The zero-order valence-corrected chi connectivity index (χ0v) is 20.1. The Bertz CT molecular complexity index is 1480. The summed E-state index contributed by atoms with van der Waals surface area (Å²) in [5.74, 6) is -0.281. The molecule has 0 aliphatic carbocycles. The van der Waals surface area contributed by atoms with E-state index in [9.17, 15) is 13.2 Å². The Kier molecular flexibility index (Phi) is 6.58. The number of carbonyl (C=O) groups is 1. The zero-order chi connectivity index (χ0) is 24.5. The molecule has 3 N–H and O–H groups in total. The second kappa shape index (κ2) is 9.44. The van der Waals surface area contributed by atoms with Crippen molar-refractivity contribution in [3.63, 3.8) is 0 Å². The second-order valence-electron chi connectivity index (χ2n) is 8.19. The van der Waals surface area contributed by atoms with Gasteiger partial charge in [0, 0.05) is 23.5 Å². The van der Waals surface area contributed by atoms with E-state index >= 15 is 0 Å². The molecule has 0 aliphatic heterocycles. The number of hydrogen-bond acceptors (Lipinski definition) is 6. The maximum atomic E-state index is 12.5. The van der Waals surface area contributed by atoms with Crippen LogP contribution in [0.5, 0.6) is 5.75 Å². The van der Waals surface area contributed by atoms with Gasteiger partial charge in [-0.05, 0) is 60.9 Å². The quantitative estimate of drug-likeness (QED) is 0.310. The summed E-state index contributed by atoms with van der Waals surface area (Å²) in [5.41, 5.74) is 4.10. The van der Waals surface area contributed by atoms with Gasteiger partial charge >= 0.3 is 5.97 Å². The number of benzene rings is 2. The molecule has 0 bridgehead atoms. The first-order chi connectivity index (χ1) is 16.2. The van der Waals surface area contributed by atoms with E-state index in [-0.39, 0.29) is 17.3 Å². The number of aryl methyl sites for hydroxylation is 1. The average Bonchev–Trinajstić information content (AvgIpc) is 3.20. The fourth-order valence-electron chi connectivity index (χ4n) is 3.87. The van der Waals surface area contributed by atoms with Crippen molar-refractivity contribution in [3.8, 4) is 16.9 Å². The molecule has 2 aromatic heterocycles. The number of rotatable bonds is 9. The SMILES string of the molecule is CCS(=O)(=O)c1cccc(-c2ccc(OCCNC(C)C(=O)O)c3[nH]c4ncc(C)cc4c23)c1. The summed E-state index contributed by atoms with van der Waals surface area (Å²) in [4.78, 5) is 19.1. The van der Waals surface area contributed by atoms with Gasteiger partial charge in [0.1, 0.15) is 24.0 Å². The number of nitrogens with one attached hydrogen (secondary N) is 2. The maximum Gasteiger partial charge on any atom is 0.320 e. The lowest BCUT2D eigenvalue weighted by Crippen LogP contribution is -2.36. The van der Waals surface area contributed by atoms with E-state index in [1.165, 1.54) is 0 Å². The first kappa shape index (κ1) is 23.7. The summed E-state index contributed by atoms with van der Waals surface area (Å²) in [6, 6.07) is 12.1. The number of carboxylic acids is 1. The zero-order valence-electron chi connectivity index (χ0n) is 19.3. The number of H-pyrrole nitrogens is 1. The van der Waals surface area contributed by atoms with Crippen molar-refractivity contribution in [1.82, 2.24) is 15.3 Å². The van der Waals surface area contributed by atoms with Crippen molar-refractivity contribution in [2.24, 2.45) is 0 Å². The summed E-state index contributed by atoms with van der Waals surface area (Å²) in [6.07, 6.45) is 1.78. The highest BCUT2D eigenvalue weighted by atomic mass is 32.2. The smallest absolute Gasteiger partial charge is 0.320 e. The summed E-state index contributed by atoms with van der Waals surface area (Å²) in [5, 5.41) is 13.7. The van der Waals surface area contributed by atoms with Gasteiger partial charge in [-0.1, -0.05) is 19.1 Å². The Morgan fingerprint density at radius 3 is 2.76 bits per heavy atom. The van der Waals surface area contributed by atoms with E-state index in [1.54, 1.807) is 38.2 Å². The molecule has 0 saturated heterocycles. The van der Waals surface area contributed by atoms with Crippen LogP contribution in [0.3, 0.4) is 0 Å². The van der Waals surface area contributed by atoms with Crippen molar-refractivity contribution >= 4 is 37.7 Å². The Balaban J connectivity index is 1.79. The first-order valence-electron chi connectivity index (χ1n) is 11.0. The number of hydrogen-bond donors (Lipinski definition) is 3. The van der Waals surface area contributed by atoms with Crippen LogP contribution in [-0.4, -0.2) is 54.4 Å². The Hall–Kier alpha value is -3.43. The van der Waals surface area contributed by atoms with Gasteiger partial charge in [0.25, 0.3) is 0 Å². The molecule has 0 saturated carbocycles. The lowest BCUT2D eigenvalue weighted by atomic mass is 9.99. The van der Waals surface area contributed by atoms with Gasteiger partial charge in [-0.15, -0.1) is 0 Å². The van der Waals surface area contributed by atoms with Crippen molar-refractivity contribution in [3.05, 3.63) is 54.2 Å². The van der Waals surface area contributed by atoms with Crippen LogP contribution in [0.4, 0.5) is 0 Å². The van der Waals surface area contributed by atoms with E-state index in [0.717, 1.165) is 33.0 Å². The summed E-state index contributed by atoms with van der Waals surface area (Å²) < 4.78 is 30.9. The highest BCUT2D eigenvalue weighted by Crippen LogP contribution is 2.39. The van der Waals surface area contributed by atoms with Crippen LogP contribution in [0, 0.1) is 6.92 Å². The fraction of sp³-hybridized carbons (Fsp3) is 0.280. The second-order valence-corrected chi connectivity index (χ2v) is 10.5. The van der Waals surface area contributed by atoms with Gasteiger partial charge in [0.2, 0.25) is 0 Å². The molecule has 0 spiro atoms. The van der Waals surface area contributed by atoms with Gasteiger partial charge in [-0.2, -0.15) is 0 Å². The number of aliphatic carboxylic acids is 1. The largest absolute Gasteiger partial charge is 0.490 e. The molecule has 1 atom stereocenters. The monoisotopic (exact) mass is 481 g/mol. The molecule has 0 amide bonds. The third-order valence-electron chi connectivity index (χ3n) is 5.77. The standard InChI is InChI=1S/C25H27N3O5S/c1-4-34(31,32)18-7-5-6-17(13-18)19-8-9-21(33-11-10-26-16(3)25(29)30)23-22(19)20-12-15(2)14-27-24(20)28-23/h5-9,12-14,16,26H,4,10-11H2,1-3H3,(H,27,28)(H,29,30). The number of ether oxygens (including phenoxy) is 1. The van der Waals surface area contributed by atoms with Gasteiger partial charge in [0.15, 0.2) is 9.84 Å². The van der Waals surface area contributed by atoms with Crippen LogP contribution >= 0.6 is 0 Å². The van der Waals surface area contributed by atoms with E-state index in [4.69, 9.17) is 9.84 Å². The minimum Gasteiger partial charge on any atom is -0.490 e. The molecule has 0 fully saturated rings. The molecule has 178 valence electrons. The summed E-state index contributed by atoms with van der Waals surface area (Å²) in [7, 11) is -3.35. The van der Waals surface area contributed by atoms with E-state index < -0.39 is 21.8 Å². The molecule has 34 heavy (non-hydrogen) atoms. The number of aromatic amines is 1. The molecule has 2 heterocycles. The van der Waals surface area contributed by atoms with Crippen LogP contribution in [0.15, 0.2) is 53.6 Å². The van der Waals surface area contributed by atoms with E-state index in [2.05, 4.69) is 15.3 Å². The molecule has 4 rings (SSSR count). The Morgan fingerprint density at radius 1 is 1.24 bits per heavy atom. The molecule has 0 aliphatic rings. The van der Waals surface area contributed by atoms with Gasteiger partial charge in [-0.3, -0.25) is 4.79 Å². The molecular weight excluding hydrogens is 454 g/mol. The number of nitrogens with zero attached hydrogens (tertiary/aromatic N) is 1. The fourth-order valence-corrected chi connectivity index (χ4v) is 4.80. The molecule has 4 aromatic rings. The predicted octanol–water partition coefficient (Wildman–Crippen LogP) is 3.93. The van der Waals surface area contributed by atoms with Crippen LogP contribution in [0.1, 0.15) is 19.4 Å². The topological polar surface area (TPSA) is 121 Å². The van der Waals surface area contributed by atoms with Crippen LogP contribution in [0.2, 0.25) is 0 Å². The number of sulfone groups is 1. The third kappa shape index (κ3) is 4.62. The summed E-state index contributed by atoms with van der Waals surface area (Å²) >= 11 is 0. The highest BCUT2D eigenvalue weighted by Gasteiger charge is 2.18. The normalized spacial score (nSPS) is 12.8. The number of carboxylic acid groups (broad SMARTS) is 1. The lowest BCUT2D eigenvalue weighted by molar-refractivity contribution is -0.139. The third-order valence-corrected chi connectivity index (χ3v) is 7.50. The lowest BCUT2D eigenvalue weighted by Gasteiger charge is -2.13. The average molecular weight is 482 g/mol. The van der Waals surface area contributed by atoms with E-state index in [1.807, 2.05) is 31.2 Å². The minimum absolute atomic E-state index is 0.0311. The predicted molar refractivity (Wildman–Crippen MR) is 132 cm³/mol. The summed E-state index contributed by atoms with van der Waals surface area (Å²) in [6.45, 7) is 5.82. The Labute approximate surface area is 197 Å². The molecular formula is C25H27N3O5S. The minimum atomic E-state index is -3.35. The van der Waals surface area contributed by atoms with Gasteiger partial charge in [0.05, 0.1) is 16.2 Å². The van der Waals surface area contributed by atoms with Crippen LogP contribution in [-0.2, 0) is 14.6 Å². The molecule has 1 unspecified atom stereocenters. The van der Waals surface area contributed by atoms with Crippen LogP contribution in [0.25, 0.3) is 33.1 Å². The highest BCUT2D eigenvalue weighted by molar-refractivity contribution is 7.91. The van der Waals surface area contributed by atoms with Gasteiger partial charge < -0.3 is 20.1 Å². The molecule has 2 aromatic carbocycles. The van der Waals surface area contributed by atoms with Gasteiger partial charge in [-0.25, -0.2) is 13.4 Å². The number of aromatic nitrogens is 2. The number of fused-ring (bicyclic) bond motifs is 3. The van der Waals surface area contributed by atoms with Crippen LogP contribution < -0.4 is 10.1 Å². The van der Waals surface area contributed by atoms with E-state index in [0.29, 0.717) is 17.9 Å². The first-order valence-corrected chi connectivity index (χ1v) is 12.7. The molecule has 9 heteroatoms. The van der Waals surface area contributed by atoms with Crippen molar-refractivity contribution in [2.75, 3.05) is 18.9 Å². The Morgan fingerprint density at radius 2 is 2.03 bits per heavy atom. The molecule has 0 radical (unpaired) electrons. The van der Waals surface area contributed by atoms with Crippen molar-refractivity contribution in [1.29, 1.82) is 0 Å². The van der Waals surface area contributed by atoms with Crippen molar-refractivity contribution in [2.45, 2.75) is 31.7 Å². The van der Waals surface area contributed by atoms with Crippen molar-refractivity contribution < 1.29 is 23.1 Å². The molecule has 8 nitrogen and oxygen atoms in total. The maximum absolute atomic E-state index is 12.5.